The summed E-state index contributed by atoms with van der Waals surface area (Å²) in [5.41, 5.74) is 1.54. The first-order chi connectivity index (χ1) is 11.0. The third-order valence-electron chi connectivity index (χ3n) is 2.94. The minimum Gasteiger partial charge on any atom is -0.450 e. The number of ether oxygens (including phenoxy) is 1. The van der Waals surface area contributed by atoms with Crippen LogP contribution in [-0.2, 0) is 4.74 Å². The van der Waals surface area contributed by atoms with Crippen molar-refractivity contribution in [2.75, 3.05) is 11.9 Å². The molecule has 1 unspecified atom stereocenters. The van der Waals surface area contributed by atoms with E-state index in [0.29, 0.717) is 16.3 Å². The molecule has 6 nitrogen and oxygen atoms in total. The highest BCUT2D eigenvalue weighted by atomic mass is 32.1. The van der Waals surface area contributed by atoms with Crippen LogP contribution in [0.5, 0.6) is 0 Å². The van der Waals surface area contributed by atoms with Gasteiger partial charge in [0.25, 0.3) is 0 Å². The Hall–Kier alpha value is -2.72. The molecule has 2 aromatic rings. The number of aromatic nitrogens is 1. The second-order valence-corrected chi connectivity index (χ2v) is 5.57. The van der Waals surface area contributed by atoms with Crippen molar-refractivity contribution < 1.29 is 14.3 Å². The molecule has 0 saturated heterocycles. The first-order valence-corrected chi connectivity index (χ1v) is 7.82. The molecule has 23 heavy (non-hydrogen) atoms. The van der Waals surface area contributed by atoms with Crippen LogP contribution in [0.25, 0.3) is 0 Å². The number of Topliss-reactive ketones (excluding diaryl/α,β-unsaturated/α-hetero) is 1. The molecule has 0 aliphatic carbocycles. The Bertz CT molecular complexity index is 764. The number of nitriles is 1. The topological polar surface area (TPSA) is 92.1 Å². The maximum Gasteiger partial charge on any atom is 0.411 e. The zero-order chi connectivity index (χ0) is 16.8. The average Bonchev–Trinajstić information content (AvgIpc) is 2.94. The molecule has 0 spiro atoms. The molecule has 1 N–H and O–H groups in total. The van der Waals surface area contributed by atoms with Gasteiger partial charge in [-0.25, -0.2) is 9.78 Å². The van der Waals surface area contributed by atoms with Crippen LogP contribution in [-0.4, -0.2) is 23.5 Å². The van der Waals surface area contributed by atoms with Crippen LogP contribution in [0, 0.1) is 18.3 Å². The SMILES string of the molecule is CCOC(=O)Nc1cccc(C(=O)C(C#N)c2nc(C)cs2)c1. The third kappa shape index (κ3) is 4.14. The molecule has 1 atom stereocenters. The Morgan fingerprint density at radius 1 is 1.48 bits per heavy atom. The standard InChI is InChI=1S/C16H15N3O3S/c1-3-22-16(21)19-12-6-4-5-11(7-12)14(20)13(8-17)15-18-10(2)9-23-15/h4-7,9,13H,3H2,1-2H3,(H,19,21). The first kappa shape index (κ1) is 16.6. The van der Waals surface area contributed by atoms with Gasteiger partial charge in [0, 0.05) is 22.3 Å². The van der Waals surface area contributed by atoms with Gasteiger partial charge in [0.05, 0.1) is 12.7 Å². The predicted molar refractivity (Wildman–Crippen MR) is 86.6 cm³/mol. The van der Waals surface area contributed by atoms with Crippen molar-refractivity contribution in [1.29, 1.82) is 5.26 Å². The zero-order valence-electron chi connectivity index (χ0n) is 12.7. The van der Waals surface area contributed by atoms with E-state index in [1.54, 1.807) is 30.5 Å². The second kappa shape index (κ2) is 7.51. The van der Waals surface area contributed by atoms with Gasteiger partial charge >= 0.3 is 6.09 Å². The van der Waals surface area contributed by atoms with Crippen molar-refractivity contribution in [3.63, 3.8) is 0 Å². The van der Waals surface area contributed by atoms with E-state index in [0.717, 1.165) is 5.69 Å². The number of carbonyl (C=O) groups is 2. The van der Waals surface area contributed by atoms with Crippen LogP contribution in [0.2, 0.25) is 0 Å². The minimum absolute atomic E-state index is 0.254. The van der Waals surface area contributed by atoms with Crippen LogP contribution >= 0.6 is 11.3 Å². The lowest BCUT2D eigenvalue weighted by molar-refractivity contribution is 0.0978. The number of rotatable bonds is 5. The van der Waals surface area contributed by atoms with Gasteiger partial charge in [-0.15, -0.1) is 11.3 Å². The number of amides is 1. The Morgan fingerprint density at radius 3 is 2.87 bits per heavy atom. The number of hydrogen-bond acceptors (Lipinski definition) is 6. The van der Waals surface area contributed by atoms with E-state index in [4.69, 9.17) is 4.74 Å². The summed E-state index contributed by atoms with van der Waals surface area (Å²) < 4.78 is 4.79. The molecular weight excluding hydrogens is 314 g/mol. The normalized spacial score (nSPS) is 11.3. The van der Waals surface area contributed by atoms with Crippen molar-refractivity contribution in [2.24, 2.45) is 0 Å². The van der Waals surface area contributed by atoms with E-state index < -0.39 is 12.0 Å². The lowest BCUT2D eigenvalue weighted by Crippen LogP contribution is -2.15. The fraction of sp³-hybridized carbons (Fsp3) is 0.250. The fourth-order valence-electron chi connectivity index (χ4n) is 1.93. The molecule has 0 saturated carbocycles. The molecule has 118 valence electrons. The average molecular weight is 329 g/mol. The smallest absolute Gasteiger partial charge is 0.411 e. The Morgan fingerprint density at radius 2 is 2.26 bits per heavy atom. The summed E-state index contributed by atoms with van der Waals surface area (Å²) in [5, 5.41) is 14.1. The number of carbonyl (C=O) groups excluding carboxylic acids is 2. The van der Waals surface area contributed by atoms with E-state index in [1.807, 2.05) is 13.0 Å². The Labute approximate surface area is 137 Å². The van der Waals surface area contributed by atoms with Crippen LogP contribution in [0.4, 0.5) is 10.5 Å². The molecule has 1 heterocycles. The number of aryl methyl sites for hydroxylation is 1. The third-order valence-corrected chi connectivity index (χ3v) is 3.97. The molecule has 0 radical (unpaired) electrons. The van der Waals surface area contributed by atoms with Gasteiger partial charge < -0.3 is 4.74 Å². The monoisotopic (exact) mass is 329 g/mol. The summed E-state index contributed by atoms with van der Waals surface area (Å²) in [7, 11) is 0. The number of benzene rings is 1. The van der Waals surface area contributed by atoms with Crippen LogP contribution < -0.4 is 5.32 Å². The molecule has 1 aromatic carbocycles. The first-order valence-electron chi connectivity index (χ1n) is 6.94. The highest BCUT2D eigenvalue weighted by molar-refractivity contribution is 7.10. The van der Waals surface area contributed by atoms with Gasteiger partial charge in [0.2, 0.25) is 0 Å². The van der Waals surface area contributed by atoms with Crippen LogP contribution in [0.1, 0.15) is 33.9 Å². The molecule has 2 rings (SSSR count). The number of thiazole rings is 1. The van der Waals surface area contributed by atoms with E-state index >= 15 is 0 Å². The van der Waals surface area contributed by atoms with E-state index in [9.17, 15) is 14.9 Å². The summed E-state index contributed by atoms with van der Waals surface area (Å²) in [6, 6.07) is 8.39. The number of anilines is 1. The van der Waals surface area contributed by atoms with Crippen molar-refractivity contribution in [3.05, 3.63) is 45.9 Å². The summed E-state index contributed by atoms with van der Waals surface area (Å²) in [6.07, 6.45) is -0.593. The van der Waals surface area contributed by atoms with E-state index in [2.05, 4.69) is 10.3 Å². The Balaban J connectivity index is 2.22. The fourth-order valence-corrected chi connectivity index (χ4v) is 2.77. The number of hydrogen-bond donors (Lipinski definition) is 1. The highest BCUT2D eigenvalue weighted by Gasteiger charge is 2.24. The predicted octanol–water partition coefficient (Wildman–Crippen LogP) is 3.51. The quantitative estimate of drug-likeness (QED) is 0.847. The summed E-state index contributed by atoms with van der Waals surface area (Å²) >= 11 is 1.28. The highest BCUT2D eigenvalue weighted by Crippen LogP contribution is 2.25. The largest absolute Gasteiger partial charge is 0.450 e. The number of ketones is 1. The van der Waals surface area contributed by atoms with Gasteiger partial charge in [0.15, 0.2) is 11.7 Å². The molecule has 1 amide bonds. The number of nitrogens with one attached hydrogen (secondary N) is 1. The molecule has 0 fully saturated rings. The van der Waals surface area contributed by atoms with Gasteiger partial charge in [-0.2, -0.15) is 5.26 Å². The van der Waals surface area contributed by atoms with Crippen LogP contribution in [0.3, 0.4) is 0 Å². The Kier molecular flexibility index (Phi) is 5.44. The lowest BCUT2D eigenvalue weighted by atomic mass is 9.99. The van der Waals surface area contributed by atoms with Crippen molar-refractivity contribution in [3.8, 4) is 6.07 Å². The van der Waals surface area contributed by atoms with E-state index in [1.165, 1.54) is 17.4 Å². The maximum atomic E-state index is 12.5. The zero-order valence-corrected chi connectivity index (χ0v) is 13.5. The van der Waals surface area contributed by atoms with Gasteiger partial charge in [-0.1, -0.05) is 12.1 Å². The van der Waals surface area contributed by atoms with Crippen molar-refractivity contribution >= 4 is 28.9 Å². The van der Waals surface area contributed by atoms with Crippen molar-refractivity contribution in [1.82, 2.24) is 4.98 Å². The molecular formula is C16H15N3O3S. The van der Waals surface area contributed by atoms with Gasteiger partial charge in [-0.3, -0.25) is 10.1 Å². The lowest BCUT2D eigenvalue weighted by Gasteiger charge is -2.08. The number of nitrogens with zero attached hydrogens (tertiary/aromatic N) is 2. The minimum atomic E-state index is -0.952. The molecule has 7 heteroatoms. The van der Waals surface area contributed by atoms with Gasteiger partial charge in [-0.05, 0) is 26.0 Å². The van der Waals surface area contributed by atoms with Gasteiger partial charge in [0.1, 0.15) is 5.01 Å². The second-order valence-electron chi connectivity index (χ2n) is 4.68. The maximum absolute atomic E-state index is 12.5. The summed E-state index contributed by atoms with van der Waals surface area (Å²) in [4.78, 5) is 28.2. The van der Waals surface area contributed by atoms with E-state index in [-0.39, 0.29) is 12.4 Å². The van der Waals surface area contributed by atoms with Crippen molar-refractivity contribution in [2.45, 2.75) is 19.8 Å². The molecule has 0 bridgehead atoms. The summed E-state index contributed by atoms with van der Waals surface area (Å²) in [6.45, 7) is 3.76. The molecule has 0 aliphatic rings. The molecule has 0 aliphatic heterocycles. The van der Waals surface area contributed by atoms with Crippen LogP contribution in [0.15, 0.2) is 29.6 Å². The summed E-state index contributed by atoms with van der Waals surface area (Å²) in [5.74, 6) is -1.30. The molecule has 1 aromatic heterocycles.